The Morgan fingerprint density at radius 2 is 1.89 bits per heavy atom. The molecule has 1 heterocycles. The van der Waals surface area contributed by atoms with E-state index < -0.39 is 11.9 Å². The molecule has 1 N–H and O–H groups in total. The highest BCUT2D eigenvalue weighted by atomic mass is 79.9. The SMILES string of the molecule is OC(c1cc(Br)c(Cl)s1)c1ccc(Br)c(Cl)c1F. The molecule has 0 saturated carbocycles. The topological polar surface area (TPSA) is 20.2 Å². The summed E-state index contributed by atoms with van der Waals surface area (Å²) in [4.78, 5) is 0.546. The van der Waals surface area contributed by atoms with Gasteiger partial charge >= 0.3 is 0 Å². The monoisotopic (exact) mass is 432 g/mol. The van der Waals surface area contributed by atoms with Crippen molar-refractivity contribution in [1.29, 1.82) is 0 Å². The quantitative estimate of drug-likeness (QED) is 0.592. The fourth-order valence-corrected chi connectivity index (χ4v) is 3.62. The molecule has 0 aliphatic carbocycles. The summed E-state index contributed by atoms with van der Waals surface area (Å²) in [5, 5.41) is 10.1. The largest absolute Gasteiger partial charge is 0.383 e. The highest BCUT2D eigenvalue weighted by molar-refractivity contribution is 9.11. The highest BCUT2D eigenvalue weighted by Gasteiger charge is 2.21. The van der Waals surface area contributed by atoms with Gasteiger partial charge in [0.15, 0.2) is 0 Å². The summed E-state index contributed by atoms with van der Waals surface area (Å²) in [6.07, 6.45) is -1.09. The molecule has 18 heavy (non-hydrogen) atoms. The molecule has 1 nitrogen and oxygen atoms in total. The third-order valence-electron chi connectivity index (χ3n) is 2.29. The van der Waals surface area contributed by atoms with E-state index in [2.05, 4.69) is 31.9 Å². The van der Waals surface area contributed by atoms with E-state index in [1.54, 1.807) is 12.1 Å². The van der Waals surface area contributed by atoms with Gasteiger partial charge in [-0.3, -0.25) is 0 Å². The Kier molecular flexibility index (Phi) is 4.73. The second-order valence-corrected chi connectivity index (χ2v) is 7.21. The van der Waals surface area contributed by atoms with Crippen molar-refractivity contribution in [3.05, 3.63) is 52.8 Å². The lowest BCUT2D eigenvalue weighted by Crippen LogP contribution is -2.01. The highest BCUT2D eigenvalue weighted by Crippen LogP contribution is 2.39. The van der Waals surface area contributed by atoms with Crippen LogP contribution in [0.5, 0.6) is 0 Å². The van der Waals surface area contributed by atoms with Crippen LogP contribution in [0.3, 0.4) is 0 Å². The summed E-state index contributed by atoms with van der Waals surface area (Å²) >= 11 is 19.2. The molecule has 1 unspecified atom stereocenters. The van der Waals surface area contributed by atoms with E-state index in [1.807, 2.05) is 0 Å². The van der Waals surface area contributed by atoms with Gasteiger partial charge in [0, 0.05) is 19.4 Å². The number of hydrogen-bond acceptors (Lipinski definition) is 2. The summed E-state index contributed by atoms with van der Waals surface area (Å²) in [6, 6.07) is 4.73. The molecule has 2 rings (SSSR count). The molecule has 96 valence electrons. The van der Waals surface area contributed by atoms with Crippen molar-refractivity contribution in [2.75, 3.05) is 0 Å². The molecule has 0 radical (unpaired) electrons. The molecule has 0 bridgehead atoms. The first-order valence-corrected chi connectivity index (χ1v) is 7.84. The van der Waals surface area contributed by atoms with Crippen molar-refractivity contribution in [1.82, 2.24) is 0 Å². The van der Waals surface area contributed by atoms with Gasteiger partial charge in [-0.2, -0.15) is 0 Å². The molecule has 0 aliphatic heterocycles. The minimum absolute atomic E-state index is 0.0479. The Bertz CT molecular complexity index is 583. The van der Waals surface area contributed by atoms with Crippen molar-refractivity contribution in [3.8, 4) is 0 Å². The smallest absolute Gasteiger partial charge is 0.149 e. The number of thiophene rings is 1. The fourth-order valence-electron chi connectivity index (χ4n) is 1.40. The van der Waals surface area contributed by atoms with Gasteiger partial charge in [0.25, 0.3) is 0 Å². The van der Waals surface area contributed by atoms with Gasteiger partial charge in [0.1, 0.15) is 16.3 Å². The molecule has 1 aromatic heterocycles. The third kappa shape index (κ3) is 2.76. The lowest BCUT2D eigenvalue weighted by molar-refractivity contribution is 0.218. The zero-order chi connectivity index (χ0) is 13.4. The maximum atomic E-state index is 13.9. The fraction of sp³-hybridized carbons (Fsp3) is 0.0909. The van der Waals surface area contributed by atoms with Crippen LogP contribution in [0.1, 0.15) is 16.5 Å². The Labute approximate surface area is 134 Å². The summed E-state index contributed by atoms with van der Waals surface area (Å²) in [5.41, 5.74) is 0.119. The second-order valence-electron chi connectivity index (χ2n) is 3.44. The maximum absolute atomic E-state index is 13.9. The van der Waals surface area contributed by atoms with Crippen molar-refractivity contribution >= 4 is 66.4 Å². The lowest BCUT2D eigenvalue weighted by Gasteiger charge is -2.11. The number of benzene rings is 1. The van der Waals surface area contributed by atoms with Crippen molar-refractivity contribution in [2.24, 2.45) is 0 Å². The molecular weight excluding hydrogens is 430 g/mol. The van der Waals surface area contributed by atoms with E-state index in [0.29, 0.717) is 18.2 Å². The predicted molar refractivity (Wildman–Crippen MR) is 80.2 cm³/mol. The van der Waals surface area contributed by atoms with E-state index in [-0.39, 0.29) is 10.6 Å². The van der Waals surface area contributed by atoms with E-state index in [0.717, 1.165) is 0 Å². The Balaban J connectivity index is 2.46. The molecule has 2 aromatic rings. The van der Waals surface area contributed by atoms with Crippen LogP contribution in [0.15, 0.2) is 27.1 Å². The van der Waals surface area contributed by atoms with Crippen LogP contribution in [-0.4, -0.2) is 5.11 Å². The van der Waals surface area contributed by atoms with Gasteiger partial charge in [0.2, 0.25) is 0 Å². The van der Waals surface area contributed by atoms with Gasteiger partial charge < -0.3 is 5.11 Å². The zero-order valence-corrected chi connectivity index (χ0v) is 14.1. The number of rotatable bonds is 2. The van der Waals surface area contributed by atoms with Gasteiger partial charge in [-0.05, 0) is 44.0 Å². The minimum atomic E-state index is -1.09. The molecular formula is C11H5Br2Cl2FOS. The van der Waals surface area contributed by atoms with Crippen LogP contribution in [0.4, 0.5) is 4.39 Å². The summed E-state index contributed by atoms with van der Waals surface area (Å²) in [6.45, 7) is 0. The number of aliphatic hydroxyl groups excluding tert-OH is 1. The molecule has 0 saturated heterocycles. The second kappa shape index (κ2) is 5.77. The van der Waals surface area contributed by atoms with E-state index >= 15 is 0 Å². The summed E-state index contributed by atoms with van der Waals surface area (Å²) in [5.74, 6) is -0.640. The first-order valence-electron chi connectivity index (χ1n) is 4.68. The Hall–Kier alpha value is 0.350. The molecule has 0 spiro atoms. The van der Waals surface area contributed by atoms with E-state index in [1.165, 1.54) is 17.4 Å². The van der Waals surface area contributed by atoms with Crippen LogP contribution in [0, 0.1) is 5.82 Å². The van der Waals surface area contributed by atoms with Crippen LogP contribution in [0.2, 0.25) is 9.36 Å². The van der Waals surface area contributed by atoms with Crippen molar-refractivity contribution in [2.45, 2.75) is 6.10 Å². The van der Waals surface area contributed by atoms with Crippen LogP contribution < -0.4 is 0 Å². The summed E-state index contributed by atoms with van der Waals surface area (Å²) < 4.78 is 15.6. The first-order chi connectivity index (χ1) is 8.41. The molecule has 0 aliphatic rings. The molecule has 1 aromatic carbocycles. The lowest BCUT2D eigenvalue weighted by atomic mass is 10.1. The Morgan fingerprint density at radius 3 is 2.44 bits per heavy atom. The summed E-state index contributed by atoms with van der Waals surface area (Å²) in [7, 11) is 0. The first kappa shape index (κ1) is 14.8. The number of hydrogen-bond donors (Lipinski definition) is 1. The van der Waals surface area contributed by atoms with Crippen LogP contribution in [-0.2, 0) is 0 Å². The molecule has 1 atom stereocenters. The predicted octanol–water partition coefficient (Wildman–Crippen LogP) is 5.80. The van der Waals surface area contributed by atoms with Crippen LogP contribution >= 0.6 is 66.4 Å². The van der Waals surface area contributed by atoms with Gasteiger partial charge in [0.05, 0.1) is 5.02 Å². The van der Waals surface area contributed by atoms with Gasteiger partial charge in [-0.25, -0.2) is 4.39 Å². The zero-order valence-electron chi connectivity index (χ0n) is 8.55. The molecule has 0 fully saturated rings. The molecule has 7 heteroatoms. The standard InChI is InChI=1S/C11H5Br2Cl2FOS/c12-5-2-1-4(9(16)8(5)14)10(17)7-3-6(13)11(15)18-7/h1-3,10,17H. The average Bonchev–Trinajstić information content (AvgIpc) is 2.66. The maximum Gasteiger partial charge on any atom is 0.149 e. The molecule has 0 amide bonds. The van der Waals surface area contributed by atoms with E-state index in [9.17, 15) is 9.50 Å². The number of aliphatic hydroxyl groups is 1. The van der Waals surface area contributed by atoms with Crippen LogP contribution in [0.25, 0.3) is 0 Å². The Morgan fingerprint density at radius 1 is 1.22 bits per heavy atom. The normalized spacial score (nSPS) is 12.8. The third-order valence-corrected chi connectivity index (χ3v) is 6.08. The van der Waals surface area contributed by atoms with Gasteiger partial charge in [-0.1, -0.05) is 29.3 Å². The average molecular weight is 435 g/mol. The van der Waals surface area contributed by atoms with Gasteiger partial charge in [-0.15, -0.1) is 11.3 Å². The minimum Gasteiger partial charge on any atom is -0.383 e. The van der Waals surface area contributed by atoms with E-state index in [4.69, 9.17) is 23.2 Å². The van der Waals surface area contributed by atoms with Crippen molar-refractivity contribution < 1.29 is 9.50 Å². The van der Waals surface area contributed by atoms with Crippen molar-refractivity contribution in [3.63, 3.8) is 0 Å². The number of halogens is 5.